The third-order valence-corrected chi connectivity index (χ3v) is 2.65. The Morgan fingerprint density at radius 3 is 2.88 bits per heavy atom. The molecular formula is C10H6BrClN2O2. The van der Waals surface area contributed by atoms with Crippen LogP contribution in [-0.4, -0.2) is 10.9 Å². The van der Waals surface area contributed by atoms with E-state index in [1.54, 1.807) is 18.5 Å². The van der Waals surface area contributed by atoms with Crippen molar-refractivity contribution in [2.24, 2.45) is 0 Å². The molecule has 0 aliphatic rings. The lowest BCUT2D eigenvalue weighted by atomic mass is 10.3. The van der Waals surface area contributed by atoms with Crippen molar-refractivity contribution in [1.29, 1.82) is 0 Å². The zero-order valence-corrected chi connectivity index (χ0v) is 10.2. The monoisotopic (exact) mass is 300 g/mol. The molecule has 0 saturated carbocycles. The van der Waals surface area contributed by atoms with E-state index in [2.05, 4.69) is 26.2 Å². The van der Waals surface area contributed by atoms with E-state index < -0.39 is 0 Å². The first-order chi connectivity index (χ1) is 7.66. The Hall–Kier alpha value is -1.33. The van der Waals surface area contributed by atoms with Gasteiger partial charge in [-0.3, -0.25) is 9.78 Å². The van der Waals surface area contributed by atoms with Gasteiger partial charge >= 0.3 is 0 Å². The van der Waals surface area contributed by atoms with Gasteiger partial charge in [-0.2, -0.15) is 0 Å². The minimum absolute atomic E-state index is 0.161. The number of halogens is 2. The van der Waals surface area contributed by atoms with Crippen molar-refractivity contribution in [1.82, 2.24) is 4.98 Å². The molecule has 6 heteroatoms. The molecule has 0 saturated heterocycles. The topological polar surface area (TPSA) is 55.1 Å². The molecule has 0 fully saturated rings. The van der Waals surface area contributed by atoms with Gasteiger partial charge in [0, 0.05) is 12.4 Å². The molecule has 16 heavy (non-hydrogen) atoms. The largest absolute Gasteiger partial charge is 0.440 e. The number of amides is 1. The Morgan fingerprint density at radius 2 is 2.25 bits per heavy atom. The van der Waals surface area contributed by atoms with E-state index in [0.29, 0.717) is 10.2 Å². The van der Waals surface area contributed by atoms with Gasteiger partial charge in [-0.25, -0.2) is 0 Å². The van der Waals surface area contributed by atoms with Gasteiger partial charge < -0.3 is 9.73 Å². The predicted molar refractivity (Wildman–Crippen MR) is 63.6 cm³/mol. The van der Waals surface area contributed by atoms with Crippen molar-refractivity contribution in [3.63, 3.8) is 0 Å². The standard InChI is InChI=1S/C10H6BrClN2O2/c11-6-5-13-4-3-7(6)14-10(15)8-1-2-9(12)16-8/h1-5H,(H,13,14,15). The maximum Gasteiger partial charge on any atom is 0.291 e. The first-order valence-corrected chi connectivity index (χ1v) is 5.50. The molecule has 2 aromatic rings. The summed E-state index contributed by atoms with van der Waals surface area (Å²) in [5.41, 5.74) is 0.618. The molecule has 82 valence electrons. The number of rotatable bonds is 2. The summed E-state index contributed by atoms with van der Waals surface area (Å²) in [6.45, 7) is 0. The number of aromatic nitrogens is 1. The second kappa shape index (κ2) is 4.67. The van der Waals surface area contributed by atoms with Gasteiger partial charge in [-0.15, -0.1) is 0 Å². The molecule has 0 radical (unpaired) electrons. The summed E-state index contributed by atoms with van der Waals surface area (Å²) in [5.74, 6) is -0.201. The summed E-state index contributed by atoms with van der Waals surface area (Å²) in [6.07, 6.45) is 3.17. The van der Waals surface area contributed by atoms with Crippen molar-refractivity contribution in [2.75, 3.05) is 5.32 Å². The molecular weight excluding hydrogens is 295 g/mol. The predicted octanol–water partition coefficient (Wildman–Crippen LogP) is 3.34. The summed E-state index contributed by atoms with van der Waals surface area (Å²) in [7, 11) is 0. The van der Waals surface area contributed by atoms with E-state index in [0.717, 1.165) is 0 Å². The summed E-state index contributed by atoms with van der Waals surface area (Å²) >= 11 is 8.84. The van der Waals surface area contributed by atoms with Gasteiger partial charge in [-0.1, -0.05) is 0 Å². The molecule has 1 amide bonds. The van der Waals surface area contributed by atoms with Gasteiger partial charge in [0.15, 0.2) is 11.0 Å². The minimum atomic E-state index is -0.362. The Bertz CT molecular complexity index is 527. The Balaban J connectivity index is 2.17. The summed E-state index contributed by atoms with van der Waals surface area (Å²) in [4.78, 5) is 15.6. The van der Waals surface area contributed by atoms with Crippen LogP contribution < -0.4 is 5.32 Å². The van der Waals surface area contributed by atoms with Crippen LogP contribution in [0.1, 0.15) is 10.6 Å². The summed E-state index contributed by atoms with van der Waals surface area (Å²) < 4.78 is 5.68. The van der Waals surface area contributed by atoms with E-state index in [1.807, 2.05) is 0 Å². The van der Waals surface area contributed by atoms with E-state index >= 15 is 0 Å². The van der Waals surface area contributed by atoms with Crippen LogP contribution in [0, 0.1) is 0 Å². The summed E-state index contributed by atoms with van der Waals surface area (Å²) in [6, 6.07) is 4.69. The third-order valence-electron chi connectivity index (χ3n) is 1.82. The summed E-state index contributed by atoms with van der Waals surface area (Å²) in [5, 5.41) is 2.84. The van der Waals surface area contributed by atoms with Gasteiger partial charge in [0.1, 0.15) is 0 Å². The molecule has 4 nitrogen and oxygen atoms in total. The molecule has 0 bridgehead atoms. The first-order valence-electron chi connectivity index (χ1n) is 4.33. The average Bonchev–Trinajstić information content (AvgIpc) is 2.68. The number of anilines is 1. The Morgan fingerprint density at radius 1 is 1.44 bits per heavy atom. The second-order valence-electron chi connectivity index (χ2n) is 2.91. The van der Waals surface area contributed by atoms with Crippen molar-refractivity contribution < 1.29 is 9.21 Å². The Kier molecular flexibility index (Phi) is 3.26. The Labute approximate surface area is 105 Å². The molecule has 2 heterocycles. The molecule has 2 rings (SSSR count). The smallest absolute Gasteiger partial charge is 0.291 e. The van der Waals surface area contributed by atoms with Crippen LogP contribution in [0.15, 0.2) is 39.5 Å². The number of carbonyl (C=O) groups excluding carboxylic acids is 1. The zero-order chi connectivity index (χ0) is 11.5. The van der Waals surface area contributed by atoms with Crippen LogP contribution in [0.4, 0.5) is 5.69 Å². The van der Waals surface area contributed by atoms with Crippen molar-refractivity contribution in [3.8, 4) is 0 Å². The van der Waals surface area contributed by atoms with Crippen LogP contribution in [0.3, 0.4) is 0 Å². The fraction of sp³-hybridized carbons (Fsp3) is 0. The number of pyridine rings is 1. The van der Waals surface area contributed by atoms with E-state index in [1.165, 1.54) is 12.1 Å². The van der Waals surface area contributed by atoms with Crippen LogP contribution >= 0.6 is 27.5 Å². The lowest BCUT2D eigenvalue weighted by Gasteiger charge is -2.04. The number of hydrogen-bond donors (Lipinski definition) is 1. The molecule has 0 aliphatic heterocycles. The molecule has 1 N–H and O–H groups in total. The highest BCUT2D eigenvalue weighted by Gasteiger charge is 2.11. The van der Waals surface area contributed by atoms with E-state index in [9.17, 15) is 4.79 Å². The van der Waals surface area contributed by atoms with Crippen LogP contribution in [-0.2, 0) is 0 Å². The normalized spacial score (nSPS) is 10.1. The SMILES string of the molecule is O=C(Nc1ccncc1Br)c1ccc(Cl)o1. The van der Waals surface area contributed by atoms with Gasteiger partial charge in [0.05, 0.1) is 10.2 Å². The molecule has 0 aromatic carbocycles. The van der Waals surface area contributed by atoms with E-state index in [-0.39, 0.29) is 16.9 Å². The molecule has 2 aromatic heterocycles. The second-order valence-corrected chi connectivity index (χ2v) is 4.14. The van der Waals surface area contributed by atoms with Gasteiger partial charge in [0.2, 0.25) is 0 Å². The highest BCUT2D eigenvalue weighted by molar-refractivity contribution is 9.10. The number of hydrogen-bond acceptors (Lipinski definition) is 3. The number of furan rings is 1. The van der Waals surface area contributed by atoms with Crippen LogP contribution in [0.2, 0.25) is 5.22 Å². The fourth-order valence-corrected chi connectivity index (χ4v) is 1.59. The molecule has 0 unspecified atom stereocenters. The van der Waals surface area contributed by atoms with Crippen molar-refractivity contribution in [2.45, 2.75) is 0 Å². The van der Waals surface area contributed by atoms with Crippen LogP contribution in [0.5, 0.6) is 0 Å². The average molecular weight is 302 g/mol. The van der Waals surface area contributed by atoms with Gasteiger partial charge in [0.25, 0.3) is 5.91 Å². The molecule has 0 spiro atoms. The number of nitrogens with zero attached hydrogens (tertiary/aromatic N) is 1. The highest BCUT2D eigenvalue weighted by Crippen LogP contribution is 2.21. The molecule has 0 aliphatic carbocycles. The third kappa shape index (κ3) is 2.43. The quantitative estimate of drug-likeness (QED) is 0.925. The van der Waals surface area contributed by atoms with Crippen molar-refractivity contribution in [3.05, 3.63) is 46.0 Å². The molecule has 0 atom stereocenters. The lowest BCUT2D eigenvalue weighted by Crippen LogP contribution is -2.11. The lowest BCUT2D eigenvalue weighted by molar-refractivity contribution is 0.0996. The van der Waals surface area contributed by atoms with Gasteiger partial charge in [-0.05, 0) is 45.7 Å². The van der Waals surface area contributed by atoms with Crippen molar-refractivity contribution >= 4 is 39.1 Å². The highest BCUT2D eigenvalue weighted by atomic mass is 79.9. The zero-order valence-electron chi connectivity index (χ0n) is 7.91. The maximum absolute atomic E-state index is 11.7. The van der Waals surface area contributed by atoms with E-state index in [4.69, 9.17) is 16.0 Å². The fourth-order valence-electron chi connectivity index (χ4n) is 1.10. The number of nitrogens with one attached hydrogen (secondary N) is 1. The van der Waals surface area contributed by atoms with Crippen LogP contribution in [0.25, 0.3) is 0 Å². The minimum Gasteiger partial charge on any atom is -0.440 e. The number of carbonyl (C=O) groups is 1. The first kappa shape index (κ1) is 11.2. The maximum atomic E-state index is 11.7.